The van der Waals surface area contributed by atoms with Crippen molar-refractivity contribution in [3.63, 3.8) is 0 Å². The van der Waals surface area contributed by atoms with Crippen molar-refractivity contribution in [2.75, 3.05) is 13.1 Å². The summed E-state index contributed by atoms with van der Waals surface area (Å²) in [5, 5.41) is 11.3. The molecule has 0 saturated carbocycles. The number of hydrogen-bond acceptors (Lipinski definition) is 2. The summed E-state index contributed by atoms with van der Waals surface area (Å²) < 4.78 is 13.6. The van der Waals surface area contributed by atoms with Crippen molar-refractivity contribution < 1.29 is 14.3 Å². The third kappa shape index (κ3) is 2.77. The van der Waals surface area contributed by atoms with Gasteiger partial charge in [-0.25, -0.2) is 4.39 Å². The van der Waals surface area contributed by atoms with Gasteiger partial charge in [0.2, 0.25) is 0 Å². The Hall–Kier alpha value is -0.640. The molecule has 1 aliphatic heterocycles. The molecule has 0 aromatic rings. The second kappa shape index (κ2) is 3.85. The zero-order valence-electron chi connectivity index (χ0n) is 6.98. The van der Waals surface area contributed by atoms with Crippen molar-refractivity contribution in [3.8, 4) is 0 Å². The number of hydrogen-bond donors (Lipinski definition) is 2. The van der Waals surface area contributed by atoms with Gasteiger partial charge in [-0.15, -0.1) is 0 Å². The predicted molar refractivity (Wildman–Crippen MR) is 42.8 cm³/mol. The molecule has 70 valence electrons. The Labute approximate surface area is 71.0 Å². The van der Waals surface area contributed by atoms with Crippen molar-refractivity contribution in [1.29, 1.82) is 0 Å². The molecule has 0 aliphatic carbocycles. The van der Waals surface area contributed by atoms with Gasteiger partial charge in [-0.2, -0.15) is 0 Å². The van der Waals surface area contributed by atoms with Gasteiger partial charge in [-0.3, -0.25) is 4.79 Å². The van der Waals surface area contributed by atoms with Gasteiger partial charge in [-0.05, 0) is 25.8 Å². The van der Waals surface area contributed by atoms with E-state index in [0.29, 0.717) is 13.0 Å². The lowest BCUT2D eigenvalue weighted by Gasteiger charge is -2.29. The number of piperidine rings is 1. The highest BCUT2D eigenvalue weighted by Gasteiger charge is 2.31. The van der Waals surface area contributed by atoms with Crippen LogP contribution in [0.2, 0.25) is 0 Å². The summed E-state index contributed by atoms with van der Waals surface area (Å²) >= 11 is 0. The van der Waals surface area contributed by atoms with Crippen LogP contribution in [0.15, 0.2) is 0 Å². The second-order valence-electron chi connectivity index (χ2n) is 3.32. The van der Waals surface area contributed by atoms with Gasteiger partial charge in [0.1, 0.15) is 5.67 Å². The Morgan fingerprint density at radius 3 is 2.92 bits per heavy atom. The summed E-state index contributed by atoms with van der Waals surface area (Å²) in [6.45, 7) is 1.15. The van der Waals surface area contributed by atoms with E-state index in [1.807, 2.05) is 0 Å². The van der Waals surface area contributed by atoms with Gasteiger partial charge in [0, 0.05) is 13.0 Å². The number of carbonyl (C=O) groups is 1. The van der Waals surface area contributed by atoms with Crippen LogP contribution < -0.4 is 5.32 Å². The van der Waals surface area contributed by atoms with E-state index in [1.54, 1.807) is 0 Å². The third-order valence-electron chi connectivity index (χ3n) is 2.21. The summed E-state index contributed by atoms with van der Waals surface area (Å²) in [6.07, 6.45) is 1.36. The van der Waals surface area contributed by atoms with Crippen LogP contribution in [0, 0.1) is 0 Å². The monoisotopic (exact) mass is 175 g/mol. The second-order valence-corrected chi connectivity index (χ2v) is 3.32. The molecule has 0 aromatic heterocycles. The number of halogens is 1. The molecule has 3 nitrogen and oxygen atoms in total. The van der Waals surface area contributed by atoms with Gasteiger partial charge in [0.15, 0.2) is 0 Å². The number of carboxylic acid groups (broad SMARTS) is 1. The van der Waals surface area contributed by atoms with Crippen molar-refractivity contribution in [3.05, 3.63) is 0 Å². The maximum Gasteiger partial charge on any atom is 0.303 e. The van der Waals surface area contributed by atoms with E-state index < -0.39 is 11.6 Å². The molecule has 12 heavy (non-hydrogen) atoms. The van der Waals surface area contributed by atoms with E-state index in [-0.39, 0.29) is 12.8 Å². The van der Waals surface area contributed by atoms with E-state index in [9.17, 15) is 9.18 Å². The summed E-state index contributed by atoms with van der Waals surface area (Å²) in [5.74, 6) is -0.919. The maximum atomic E-state index is 13.6. The Morgan fingerprint density at radius 2 is 2.42 bits per heavy atom. The predicted octanol–water partition coefficient (Wildman–Crippen LogP) is 0.943. The zero-order valence-corrected chi connectivity index (χ0v) is 6.98. The van der Waals surface area contributed by atoms with E-state index in [4.69, 9.17) is 5.11 Å². The fraction of sp³-hybridized carbons (Fsp3) is 0.875. The van der Waals surface area contributed by atoms with Crippen molar-refractivity contribution in [2.24, 2.45) is 0 Å². The maximum absolute atomic E-state index is 13.6. The molecular formula is C8H14FNO2. The Kier molecular flexibility index (Phi) is 3.03. The van der Waals surface area contributed by atoms with Crippen molar-refractivity contribution >= 4 is 5.97 Å². The van der Waals surface area contributed by atoms with Crippen LogP contribution in [0.4, 0.5) is 4.39 Å². The molecule has 4 heteroatoms. The summed E-state index contributed by atoms with van der Waals surface area (Å²) in [6, 6.07) is 0. The topological polar surface area (TPSA) is 49.3 Å². The lowest BCUT2D eigenvalue weighted by atomic mass is 9.91. The average molecular weight is 175 g/mol. The fourth-order valence-corrected chi connectivity index (χ4v) is 1.48. The molecule has 0 radical (unpaired) electrons. The van der Waals surface area contributed by atoms with E-state index in [2.05, 4.69) is 5.32 Å². The largest absolute Gasteiger partial charge is 0.481 e. The quantitative estimate of drug-likeness (QED) is 0.671. The van der Waals surface area contributed by atoms with E-state index in [0.717, 1.165) is 13.0 Å². The van der Waals surface area contributed by atoms with Crippen LogP contribution >= 0.6 is 0 Å². The molecule has 0 spiro atoms. The minimum absolute atomic E-state index is 0.0713. The number of aliphatic carboxylic acids is 1. The van der Waals surface area contributed by atoms with Crippen LogP contribution in [0.3, 0.4) is 0 Å². The highest BCUT2D eigenvalue weighted by Crippen LogP contribution is 2.25. The number of alkyl halides is 1. The lowest BCUT2D eigenvalue weighted by molar-refractivity contribution is -0.138. The normalized spacial score (nSPS) is 30.1. The third-order valence-corrected chi connectivity index (χ3v) is 2.21. The molecule has 1 rings (SSSR count). The molecule has 1 fully saturated rings. The highest BCUT2D eigenvalue weighted by atomic mass is 19.1. The van der Waals surface area contributed by atoms with Gasteiger partial charge in [-0.1, -0.05) is 0 Å². The first kappa shape index (κ1) is 9.45. The molecule has 1 heterocycles. The number of rotatable bonds is 3. The number of carboxylic acids is 1. The van der Waals surface area contributed by atoms with Gasteiger partial charge >= 0.3 is 5.97 Å². The molecular weight excluding hydrogens is 161 g/mol. The Morgan fingerprint density at radius 1 is 1.67 bits per heavy atom. The zero-order chi connectivity index (χ0) is 9.03. The van der Waals surface area contributed by atoms with Crippen LogP contribution in [-0.4, -0.2) is 29.8 Å². The minimum atomic E-state index is -1.28. The first-order chi connectivity index (χ1) is 5.62. The lowest BCUT2D eigenvalue weighted by Crippen LogP contribution is -2.42. The van der Waals surface area contributed by atoms with Crippen molar-refractivity contribution in [2.45, 2.75) is 31.4 Å². The molecule has 1 atom stereocenters. The van der Waals surface area contributed by atoms with Crippen LogP contribution in [0.5, 0.6) is 0 Å². The summed E-state index contributed by atoms with van der Waals surface area (Å²) in [5.41, 5.74) is -1.28. The van der Waals surface area contributed by atoms with Gasteiger partial charge in [0.05, 0.1) is 0 Å². The Balaban J connectivity index is 2.31. The first-order valence-corrected chi connectivity index (χ1v) is 4.24. The highest BCUT2D eigenvalue weighted by molar-refractivity contribution is 5.66. The smallest absolute Gasteiger partial charge is 0.303 e. The van der Waals surface area contributed by atoms with Gasteiger partial charge < -0.3 is 10.4 Å². The first-order valence-electron chi connectivity index (χ1n) is 4.24. The number of nitrogens with one attached hydrogen (secondary N) is 1. The van der Waals surface area contributed by atoms with Gasteiger partial charge in [0.25, 0.3) is 0 Å². The molecule has 0 bridgehead atoms. The van der Waals surface area contributed by atoms with Crippen LogP contribution in [0.1, 0.15) is 25.7 Å². The molecule has 0 amide bonds. The summed E-state index contributed by atoms with van der Waals surface area (Å²) in [7, 11) is 0. The standard InChI is InChI=1S/C8H14FNO2/c9-8(4-2-7(11)12)3-1-5-10-6-8/h10H,1-6H2,(H,11,12). The average Bonchev–Trinajstić information content (AvgIpc) is 2.03. The SMILES string of the molecule is O=C(O)CCC1(F)CCCNC1. The van der Waals surface area contributed by atoms with Crippen LogP contribution in [0.25, 0.3) is 0 Å². The molecule has 1 aliphatic rings. The minimum Gasteiger partial charge on any atom is -0.481 e. The van der Waals surface area contributed by atoms with E-state index >= 15 is 0 Å². The van der Waals surface area contributed by atoms with Crippen molar-refractivity contribution in [1.82, 2.24) is 5.32 Å². The molecule has 1 unspecified atom stereocenters. The summed E-state index contributed by atoms with van der Waals surface area (Å²) in [4.78, 5) is 10.2. The fourth-order valence-electron chi connectivity index (χ4n) is 1.48. The van der Waals surface area contributed by atoms with E-state index in [1.165, 1.54) is 0 Å². The molecule has 0 aromatic carbocycles. The Bertz CT molecular complexity index is 166. The molecule has 1 saturated heterocycles. The van der Waals surface area contributed by atoms with Crippen LogP contribution in [-0.2, 0) is 4.79 Å². The molecule has 2 N–H and O–H groups in total.